The summed E-state index contributed by atoms with van der Waals surface area (Å²) < 4.78 is 6.28. The van der Waals surface area contributed by atoms with Crippen molar-refractivity contribution >= 4 is 0 Å². The number of hydrogen-bond acceptors (Lipinski definition) is 2. The van der Waals surface area contributed by atoms with Crippen LogP contribution in [0.3, 0.4) is 0 Å². The van der Waals surface area contributed by atoms with Gasteiger partial charge in [-0.2, -0.15) is 0 Å². The predicted molar refractivity (Wildman–Crippen MR) is 83.5 cm³/mol. The molecule has 0 radical (unpaired) electrons. The van der Waals surface area contributed by atoms with Crippen molar-refractivity contribution in [1.29, 1.82) is 0 Å². The molecular formula is C17H35NO. The van der Waals surface area contributed by atoms with E-state index in [1.165, 1.54) is 44.9 Å². The van der Waals surface area contributed by atoms with Gasteiger partial charge in [0.25, 0.3) is 0 Å². The summed E-state index contributed by atoms with van der Waals surface area (Å²) in [5.41, 5.74) is 0. The van der Waals surface area contributed by atoms with E-state index in [2.05, 4.69) is 33.0 Å². The predicted octanol–water partition coefficient (Wildman–Crippen LogP) is 4.39. The number of hydrogen-bond donors (Lipinski definition) is 1. The van der Waals surface area contributed by atoms with Crippen molar-refractivity contribution in [2.45, 2.75) is 84.8 Å². The molecule has 0 saturated heterocycles. The topological polar surface area (TPSA) is 21.3 Å². The Balaban J connectivity index is 2.41. The SMILES string of the molecule is CCCNC1CCC(CC)CC1OCC(C)CCC. The third-order valence-corrected chi connectivity index (χ3v) is 4.51. The van der Waals surface area contributed by atoms with E-state index in [4.69, 9.17) is 4.74 Å². The van der Waals surface area contributed by atoms with Gasteiger partial charge in [0.05, 0.1) is 6.10 Å². The lowest BCUT2D eigenvalue weighted by Crippen LogP contribution is -2.46. The largest absolute Gasteiger partial charge is 0.376 e. The second-order valence-corrected chi connectivity index (χ2v) is 6.41. The molecule has 0 aromatic carbocycles. The van der Waals surface area contributed by atoms with Crippen LogP contribution in [-0.2, 0) is 4.74 Å². The molecule has 2 heteroatoms. The lowest BCUT2D eigenvalue weighted by atomic mass is 9.82. The highest BCUT2D eigenvalue weighted by Gasteiger charge is 2.30. The maximum Gasteiger partial charge on any atom is 0.0730 e. The quantitative estimate of drug-likeness (QED) is 0.670. The highest BCUT2D eigenvalue weighted by atomic mass is 16.5. The molecule has 0 aromatic rings. The van der Waals surface area contributed by atoms with Gasteiger partial charge in [-0.25, -0.2) is 0 Å². The molecule has 4 unspecified atom stereocenters. The van der Waals surface area contributed by atoms with Crippen molar-refractivity contribution in [3.05, 3.63) is 0 Å². The van der Waals surface area contributed by atoms with Crippen molar-refractivity contribution in [3.63, 3.8) is 0 Å². The van der Waals surface area contributed by atoms with Gasteiger partial charge in [-0.15, -0.1) is 0 Å². The van der Waals surface area contributed by atoms with Gasteiger partial charge in [-0.3, -0.25) is 0 Å². The van der Waals surface area contributed by atoms with Crippen LogP contribution < -0.4 is 5.32 Å². The molecule has 1 saturated carbocycles. The minimum absolute atomic E-state index is 0.449. The summed E-state index contributed by atoms with van der Waals surface area (Å²) in [6, 6.07) is 0.594. The molecule has 0 spiro atoms. The van der Waals surface area contributed by atoms with Crippen LogP contribution in [0.4, 0.5) is 0 Å². The van der Waals surface area contributed by atoms with Crippen molar-refractivity contribution < 1.29 is 4.74 Å². The van der Waals surface area contributed by atoms with Crippen LogP contribution in [0.15, 0.2) is 0 Å². The molecule has 1 rings (SSSR count). The van der Waals surface area contributed by atoms with Gasteiger partial charge in [0.2, 0.25) is 0 Å². The van der Waals surface area contributed by atoms with E-state index in [1.54, 1.807) is 0 Å². The van der Waals surface area contributed by atoms with Crippen molar-refractivity contribution in [1.82, 2.24) is 5.32 Å². The molecule has 0 bridgehead atoms. The van der Waals surface area contributed by atoms with Gasteiger partial charge in [-0.1, -0.05) is 40.5 Å². The van der Waals surface area contributed by atoms with E-state index in [0.717, 1.165) is 19.1 Å². The van der Waals surface area contributed by atoms with E-state index in [1.807, 2.05) is 0 Å². The van der Waals surface area contributed by atoms with Crippen LogP contribution in [0.1, 0.15) is 72.6 Å². The van der Waals surface area contributed by atoms with E-state index < -0.39 is 0 Å². The van der Waals surface area contributed by atoms with Gasteiger partial charge in [0.1, 0.15) is 0 Å². The molecule has 2 nitrogen and oxygen atoms in total. The molecule has 0 aromatic heterocycles. The zero-order valence-electron chi connectivity index (χ0n) is 13.6. The monoisotopic (exact) mass is 269 g/mol. The van der Waals surface area contributed by atoms with E-state index >= 15 is 0 Å². The van der Waals surface area contributed by atoms with Crippen LogP contribution in [0, 0.1) is 11.8 Å². The van der Waals surface area contributed by atoms with E-state index in [-0.39, 0.29) is 0 Å². The normalized spacial score (nSPS) is 29.4. The summed E-state index contributed by atoms with van der Waals surface area (Å²) in [5.74, 6) is 1.59. The fourth-order valence-corrected chi connectivity index (χ4v) is 3.19. The average Bonchev–Trinajstić information content (AvgIpc) is 2.43. The van der Waals surface area contributed by atoms with Crippen LogP contribution in [0.2, 0.25) is 0 Å². The third-order valence-electron chi connectivity index (χ3n) is 4.51. The van der Waals surface area contributed by atoms with Gasteiger partial charge < -0.3 is 10.1 Å². The average molecular weight is 269 g/mol. The zero-order valence-corrected chi connectivity index (χ0v) is 13.6. The molecule has 1 aliphatic carbocycles. The third kappa shape index (κ3) is 6.27. The van der Waals surface area contributed by atoms with Crippen LogP contribution in [0.25, 0.3) is 0 Å². The minimum Gasteiger partial charge on any atom is -0.376 e. The first-order valence-corrected chi connectivity index (χ1v) is 8.56. The maximum absolute atomic E-state index is 6.28. The fourth-order valence-electron chi connectivity index (χ4n) is 3.19. The van der Waals surface area contributed by atoms with Gasteiger partial charge in [0.15, 0.2) is 0 Å². The summed E-state index contributed by atoms with van der Waals surface area (Å²) >= 11 is 0. The highest BCUT2D eigenvalue weighted by Crippen LogP contribution is 2.29. The van der Waals surface area contributed by atoms with Crippen LogP contribution in [-0.4, -0.2) is 25.3 Å². The molecule has 0 aliphatic heterocycles. The molecule has 0 heterocycles. The fraction of sp³-hybridized carbons (Fsp3) is 1.00. The Kier molecular flexibility index (Phi) is 8.72. The Hall–Kier alpha value is -0.0800. The Labute approximate surface area is 120 Å². The smallest absolute Gasteiger partial charge is 0.0730 e. The summed E-state index contributed by atoms with van der Waals surface area (Å²) in [7, 11) is 0. The Morgan fingerprint density at radius 3 is 2.58 bits per heavy atom. The summed E-state index contributed by atoms with van der Waals surface area (Å²) in [6.45, 7) is 11.2. The van der Waals surface area contributed by atoms with Gasteiger partial charge in [-0.05, 0) is 50.5 Å². The first kappa shape index (κ1) is 17.0. The lowest BCUT2D eigenvalue weighted by molar-refractivity contribution is -0.0247. The Bertz CT molecular complexity index is 219. The standard InChI is InChI=1S/C17H35NO/c1-5-8-14(4)13-19-17-12-15(7-3)9-10-16(17)18-11-6-2/h14-18H,5-13H2,1-4H3. The van der Waals surface area contributed by atoms with Gasteiger partial charge in [0, 0.05) is 12.6 Å². The number of ether oxygens (including phenoxy) is 1. The Morgan fingerprint density at radius 2 is 1.95 bits per heavy atom. The maximum atomic E-state index is 6.28. The first-order chi connectivity index (χ1) is 9.21. The van der Waals surface area contributed by atoms with Crippen LogP contribution >= 0.6 is 0 Å². The molecule has 1 N–H and O–H groups in total. The Morgan fingerprint density at radius 1 is 1.16 bits per heavy atom. The molecule has 114 valence electrons. The van der Waals surface area contributed by atoms with Crippen molar-refractivity contribution in [2.75, 3.05) is 13.2 Å². The molecular weight excluding hydrogens is 234 g/mol. The highest BCUT2D eigenvalue weighted by molar-refractivity contribution is 4.85. The molecule has 1 fully saturated rings. The van der Waals surface area contributed by atoms with Crippen molar-refractivity contribution in [2.24, 2.45) is 11.8 Å². The summed E-state index contributed by atoms with van der Waals surface area (Å²) in [4.78, 5) is 0. The number of nitrogens with one attached hydrogen (secondary N) is 1. The summed E-state index contributed by atoms with van der Waals surface area (Å²) in [6.07, 6.45) is 9.47. The second kappa shape index (κ2) is 9.77. The van der Waals surface area contributed by atoms with Crippen LogP contribution in [0.5, 0.6) is 0 Å². The van der Waals surface area contributed by atoms with E-state index in [9.17, 15) is 0 Å². The van der Waals surface area contributed by atoms with E-state index in [0.29, 0.717) is 18.1 Å². The molecule has 19 heavy (non-hydrogen) atoms. The molecule has 4 atom stereocenters. The first-order valence-electron chi connectivity index (χ1n) is 8.56. The molecule has 0 amide bonds. The zero-order chi connectivity index (χ0) is 14.1. The minimum atomic E-state index is 0.449. The lowest BCUT2D eigenvalue weighted by Gasteiger charge is -2.37. The summed E-state index contributed by atoms with van der Waals surface area (Å²) in [5, 5.41) is 3.70. The van der Waals surface area contributed by atoms with Crippen molar-refractivity contribution in [3.8, 4) is 0 Å². The second-order valence-electron chi connectivity index (χ2n) is 6.41. The van der Waals surface area contributed by atoms with Gasteiger partial charge >= 0.3 is 0 Å². The molecule has 1 aliphatic rings. The number of rotatable bonds is 9.